The van der Waals surface area contributed by atoms with Crippen LogP contribution in [0.3, 0.4) is 0 Å². The Bertz CT molecular complexity index is 4170. The molecule has 0 saturated carbocycles. The molecule has 0 aliphatic carbocycles. The Kier molecular flexibility index (Phi) is 26.1. The van der Waals surface area contributed by atoms with Crippen LogP contribution in [0, 0.1) is 11.6 Å². The highest BCUT2D eigenvalue weighted by Gasteiger charge is 2.50. The lowest BCUT2D eigenvalue weighted by Gasteiger charge is -2.37. The van der Waals surface area contributed by atoms with E-state index >= 15 is 23.2 Å². The minimum Gasteiger partial charge on any atom is -0.497 e. The molecular formula is C74H91F3N14O13. The van der Waals surface area contributed by atoms with Crippen molar-refractivity contribution in [3.8, 4) is 5.75 Å². The van der Waals surface area contributed by atoms with E-state index in [4.69, 9.17) is 16.2 Å². The van der Waals surface area contributed by atoms with Gasteiger partial charge in [0.25, 0.3) is 0 Å². The van der Waals surface area contributed by atoms with Crippen LogP contribution in [-0.4, -0.2) is 189 Å². The molecule has 27 nitrogen and oxygen atoms in total. The second-order valence-corrected chi connectivity index (χ2v) is 27.1. The zero-order valence-corrected chi connectivity index (χ0v) is 58.6. The number of aliphatic hydroxyl groups excluding tert-OH is 1. The number of halogens is 3. The number of alkyl halides is 1. The first kappa shape index (κ1) is 77.5. The molecule has 15 N–H and O–H groups in total. The number of carbonyl (C=O) groups is 11. The summed E-state index contributed by atoms with van der Waals surface area (Å²) in [6, 6.07) is 7.59. The van der Waals surface area contributed by atoms with Crippen molar-refractivity contribution < 1.29 is 75.8 Å². The molecule has 0 radical (unpaired) electrons. The van der Waals surface area contributed by atoms with Crippen LogP contribution in [0.4, 0.5) is 13.2 Å². The number of benzene rings is 4. The van der Waals surface area contributed by atoms with Crippen LogP contribution in [0.25, 0.3) is 21.8 Å². The number of H-pyrrole nitrogens is 2. The van der Waals surface area contributed by atoms with Gasteiger partial charge >= 0.3 is 0 Å². The van der Waals surface area contributed by atoms with E-state index in [9.17, 15) is 47.9 Å². The van der Waals surface area contributed by atoms with E-state index in [-0.39, 0.29) is 62.6 Å². The third-order valence-corrected chi connectivity index (χ3v) is 19.3. The average Bonchev–Trinajstić information content (AvgIpc) is 1.58. The van der Waals surface area contributed by atoms with Crippen molar-refractivity contribution in [1.82, 2.24) is 62.3 Å². The SMILES string of the molecule is COc1ccc(C[C@@H]2NC(=O)[C@H]([C@@H](C)O)NC(=O)[C@@H]3C[C@H](F)CN3C(=O)[C@H](Cc3c[nH]c4ccc(F)cc34)NC(=O)[C@H](Cc3c[nH]c4ccc(F)cc34)NC(=O)[C@H](C)NC(=O)[C@H](CCCCN)NC(=O)[C@@H](NC(C)=O)CCC=CCc3ccc(cc3)C[C@@H](C(N)=O)NC(=O)[C@]3(C)CCCN3C2=O)cc1. The number of aromatic nitrogens is 2. The summed E-state index contributed by atoms with van der Waals surface area (Å²) in [5, 5.41) is 33.2. The van der Waals surface area contributed by atoms with Gasteiger partial charge in [-0.3, -0.25) is 52.7 Å². The minimum atomic E-state index is -1.90. The fourth-order valence-corrected chi connectivity index (χ4v) is 13.5. The molecule has 2 saturated heterocycles. The van der Waals surface area contributed by atoms with E-state index in [1.54, 1.807) is 36.4 Å². The number of ether oxygens (including phenoxy) is 1. The van der Waals surface area contributed by atoms with Crippen LogP contribution in [0.2, 0.25) is 0 Å². The number of hydrogen-bond donors (Lipinski definition) is 13. The Morgan fingerprint density at radius 1 is 0.702 bits per heavy atom. The van der Waals surface area contributed by atoms with E-state index in [0.29, 0.717) is 64.5 Å². The summed E-state index contributed by atoms with van der Waals surface area (Å²) in [7, 11) is 1.46. The fourth-order valence-electron chi connectivity index (χ4n) is 13.5. The molecule has 2 bridgehead atoms. The molecule has 4 aromatic carbocycles. The zero-order chi connectivity index (χ0) is 75.1. The van der Waals surface area contributed by atoms with Gasteiger partial charge in [-0.05, 0) is 155 Å². The Labute approximate surface area is 598 Å². The van der Waals surface area contributed by atoms with Gasteiger partial charge in [0.2, 0.25) is 65.0 Å². The highest BCUT2D eigenvalue weighted by Crippen LogP contribution is 2.32. The Hall–Kier alpha value is -10.6. The molecule has 6 aromatic rings. The maximum Gasteiger partial charge on any atom is 0.246 e. The van der Waals surface area contributed by atoms with Crippen LogP contribution in [0.1, 0.15) is 107 Å². The topological polar surface area (TPSA) is 404 Å². The molecular weight excluding hydrogens is 1350 g/mol. The predicted molar refractivity (Wildman–Crippen MR) is 378 cm³/mol. The summed E-state index contributed by atoms with van der Waals surface area (Å²) in [5.41, 5.74) is 13.5. The number of amides is 11. The van der Waals surface area contributed by atoms with Crippen molar-refractivity contribution in [2.45, 2.75) is 183 Å². The minimum absolute atomic E-state index is 0.0150. The summed E-state index contributed by atoms with van der Waals surface area (Å²) in [4.78, 5) is 167. The lowest BCUT2D eigenvalue weighted by atomic mass is 9.94. The highest BCUT2D eigenvalue weighted by molar-refractivity contribution is 6.01. The first-order chi connectivity index (χ1) is 49.6. The zero-order valence-electron chi connectivity index (χ0n) is 58.6. The van der Waals surface area contributed by atoms with Crippen LogP contribution in [0.5, 0.6) is 5.75 Å². The van der Waals surface area contributed by atoms with Crippen molar-refractivity contribution in [3.05, 3.63) is 149 Å². The quantitative estimate of drug-likeness (QED) is 0.0423. The van der Waals surface area contributed by atoms with Crippen LogP contribution < -0.4 is 58.7 Å². The number of carbonyl (C=O) groups excluding carboxylic acids is 11. The lowest BCUT2D eigenvalue weighted by Crippen LogP contribution is -2.64. The molecule has 12 atom stereocenters. The summed E-state index contributed by atoms with van der Waals surface area (Å²) >= 11 is 0. The third-order valence-electron chi connectivity index (χ3n) is 19.3. The van der Waals surface area contributed by atoms with Crippen molar-refractivity contribution >= 4 is 86.8 Å². The third kappa shape index (κ3) is 19.6. The average molecular weight is 1440 g/mol. The van der Waals surface area contributed by atoms with Crippen molar-refractivity contribution in [3.63, 3.8) is 0 Å². The molecule has 30 heteroatoms. The Balaban J connectivity index is 1.07. The molecule has 11 amide bonds. The number of nitrogens with one attached hydrogen (secondary N) is 10. The van der Waals surface area contributed by atoms with Gasteiger partial charge in [0.1, 0.15) is 83.5 Å². The van der Waals surface area contributed by atoms with E-state index in [0.717, 1.165) is 10.5 Å². The van der Waals surface area contributed by atoms with E-state index in [2.05, 4.69) is 52.5 Å². The number of methoxy groups -OCH3 is 1. The molecule has 556 valence electrons. The number of hydrogen-bond acceptors (Lipinski definition) is 14. The van der Waals surface area contributed by atoms with Crippen molar-refractivity contribution in [1.29, 1.82) is 0 Å². The molecule has 2 aromatic heterocycles. The number of nitrogens with two attached hydrogens (primary N) is 2. The van der Waals surface area contributed by atoms with Crippen LogP contribution in [0.15, 0.2) is 109 Å². The number of unbranched alkanes of at least 4 members (excludes halogenated alkanes) is 1. The number of aliphatic hydroxyl groups is 1. The smallest absolute Gasteiger partial charge is 0.246 e. The van der Waals surface area contributed by atoms with Gasteiger partial charge in [-0.2, -0.15) is 0 Å². The van der Waals surface area contributed by atoms with Gasteiger partial charge in [0.05, 0.1) is 19.8 Å². The van der Waals surface area contributed by atoms with Gasteiger partial charge in [0.15, 0.2) is 0 Å². The Morgan fingerprint density at radius 2 is 1.30 bits per heavy atom. The maximum absolute atomic E-state index is 16.2. The van der Waals surface area contributed by atoms with Crippen molar-refractivity contribution in [2.24, 2.45) is 11.5 Å². The van der Waals surface area contributed by atoms with Crippen LogP contribution in [-0.2, 0) is 84.8 Å². The number of fused-ring (bicyclic) bond motifs is 30. The number of rotatable bonds is 14. The number of nitrogens with zero attached hydrogens (tertiary/aromatic N) is 2. The molecule has 0 unspecified atom stereocenters. The second-order valence-electron chi connectivity index (χ2n) is 27.1. The maximum atomic E-state index is 16.2. The number of aromatic amines is 2. The summed E-state index contributed by atoms with van der Waals surface area (Å²) < 4.78 is 51.5. The molecule has 104 heavy (non-hydrogen) atoms. The van der Waals surface area contributed by atoms with Crippen LogP contribution >= 0.6 is 0 Å². The van der Waals surface area contributed by atoms with E-state index in [1.165, 1.54) is 88.5 Å². The van der Waals surface area contributed by atoms with Gasteiger partial charge in [-0.15, -0.1) is 0 Å². The van der Waals surface area contributed by atoms with Gasteiger partial charge in [-0.25, -0.2) is 13.2 Å². The molecule has 2 fully saturated rings. The molecule has 0 spiro atoms. The molecule has 10 rings (SSSR count). The number of allylic oxidation sites excluding steroid dienone is 2. The highest BCUT2D eigenvalue weighted by atomic mass is 19.1. The predicted octanol–water partition coefficient (Wildman–Crippen LogP) is 2.33. The molecule has 4 aliphatic heterocycles. The first-order valence-electron chi connectivity index (χ1n) is 34.8. The summed E-state index contributed by atoms with van der Waals surface area (Å²) in [6.45, 7) is 4.74. The van der Waals surface area contributed by atoms with E-state index < -0.39 is 175 Å². The lowest BCUT2D eigenvalue weighted by molar-refractivity contribution is -0.147. The first-order valence-corrected chi connectivity index (χ1v) is 34.8. The summed E-state index contributed by atoms with van der Waals surface area (Å²) in [5.74, 6) is -10.6. The fraction of sp³-hybridized carbons (Fsp3) is 0.446. The molecule has 4 aliphatic rings. The largest absolute Gasteiger partial charge is 0.497 e. The van der Waals surface area contributed by atoms with Gasteiger partial charge in [-0.1, -0.05) is 48.6 Å². The van der Waals surface area contributed by atoms with Gasteiger partial charge < -0.3 is 83.6 Å². The van der Waals surface area contributed by atoms with Crippen molar-refractivity contribution in [2.75, 3.05) is 26.7 Å². The second kappa shape index (κ2) is 35.0. The van der Waals surface area contributed by atoms with Gasteiger partial charge in [0, 0.05) is 79.8 Å². The van der Waals surface area contributed by atoms with E-state index in [1.807, 2.05) is 24.3 Å². The Morgan fingerprint density at radius 3 is 1.91 bits per heavy atom. The molecule has 6 heterocycles. The monoisotopic (exact) mass is 1440 g/mol. The number of primary amides is 1. The standard InChI is InChI=1S/C74H91F3N14O13/c1-40-65(95)85-59(32-46-37-80-54-25-21-48(75)34-52(46)54)68(98)86-61(33-47-38-81-55-26-22-49(76)35-53(47)55)71(101)90-39-50(77)36-62(90)69(99)89-63(41(2)92)70(100)87-60(31-45-19-23-51(104-5)24-20-45)72(102)91-29-11-27-74(91,4)73(103)88-58(64(79)94)30-44-17-15-43(16-18-44)12-7-6-8-13-56(83-42(3)93)67(97)84-57(66(96)82-40)14-9-10-28-78/h6-7,15-26,34-35,37-38,40-41,50,56-63,80-81,92H,8-14,27-33,36,39,78H2,1-5H3,(H2,79,94)(H,82,96)(H,83,93)(H,84,97)(H,85,95)(H,86,98)(H,87,100)(H,88,103)(H,89,99)/t40-,41+,50-,56-,57-,58-,59-,60-,61-,62-,63-,74-/m0/s1. The normalized spacial score (nSPS) is 25.3. The summed E-state index contributed by atoms with van der Waals surface area (Å²) in [6.07, 6.45) is 3.25.